The van der Waals surface area contributed by atoms with E-state index in [1.54, 1.807) is 0 Å². The van der Waals surface area contributed by atoms with Crippen LogP contribution in [0.15, 0.2) is 54.7 Å². The van der Waals surface area contributed by atoms with Crippen molar-refractivity contribution in [3.05, 3.63) is 60.3 Å². The lowest BCUT2D eigenvalue weighted by Crippen LogP contribution is -2.48. The number of aliphatic hydroxyl groups excluding tert-OH is 1. The van der Waals surface area contributed by atoms with Gasteiger partial charge in [0.25, 0.3) is 0 Å². The summed E-state index contributed by atoms with van der Waals surface area (Å²) in [6.07, 6.45) is 4.66. The van der Waals surface area contributed by atoms with E-state index in [0.717, 1.165) is 40.4 Å². The van der Waals surface area contributed by atoms with E-state index in [9.17, 15) is 5.11 Å². The fourth-order valence-corrected chi connectivity index (χ4v) is 4.51. The Morgan fingerprint density at radius 1 is 0.963 bits per heavy atom. The molecule has 3 aromatic rings. The first kappa shape index (κ1) is 16.7. The molecule has 4 heterocycles. The zero-order chi connectivity index (χ0) is 18.2. The molecule has 27 heavy (non-hydrogen) atoms. The smallest absolute Gasteiger partial charge is 0.113 e. The van der Waals surface area contributed by atoms with Crippen LogP contribution in [-0.4, -0.2) is 44.6 Å². The number of nitrogens with zero attached hydrogens (tertiary/aromatic N) is 4. The molecule has 1 atom stereocenters. The van der Waals surface area contributed by atoms with Crippen LogP contribution in [0.5, 0.6) is 0 Å². The second-order valence-corrected chi connectivity index (χ2v) is 7.73. The Labute approximate surface area is 159 Å². The van der Waals surface area contributed by atoms with E-state index < -0.39 is 0 Å². The van der Waals surface area contributed by atoms with Gasteiger partial charge in [-0.15, -0.1) is 5.10 Å². The maximum atomic E-state index is 9.39. The van der Waals surface area contributed by atoms with Gasteiger partial charge in [0.2, 0.25) is 0 Å². The molecule has 0 aliphatic carbocycles. The number of benzene rings is 2. The Morgan fingerprint density at radius 3 is 2.44 bits per heavy atom. The van der Waals surface area contributed by atoms with Crippen molar-refractivity contribution in [2.75, 3.05) is 19.6 Å². The van der Waals surface area contributed by atoms with E-state index in [1.807, 2.05) is 18.2 Å². The van der Waals surface area contributed by atoms with Crippen molar-refractivity contribution in [2.45, 2.75) is 25.5 Å². The Balaban J connectivity index is 1.43. The van der Waals surface area contributed by atoms with Crippen molar-refractivity contribution in [3.63, 3.8) is 0 Å². The molecule has 3 aliphatic heterocycles. The first-order valence-electron chi connectivity index (χ1n) is 9.75. The maximum absolute atomic E-state index is 9.39. The van der Waals surface area contributed by atoms with E-state index in [0.29, 0.717) is 6.04 Å². The highest BCUT2D eigenvalue weighted by atomic mass is 16.3. The molecule has 0 radical (unpaired) electrons. The van der Waals surface area contributed by atoms with E-state index in [2.05, 4.69) is 56.4 Å². The normalized spacial score (nSPS) is 24.3. The van der Waals surface area contributed by atoms with E-state index in [4.69, 9.17) is 0 Å². The summed E-state index contributed by atoms with van der Waals surface area (Å²) in [7, 11) is 0. The number of piperidine rings is 3. The monoisotopic (exact) mass is 360 g/mol. The van der Waals surface area contributed by atoms with Crippen molar-refractivity contribution in [1.82, 2.24) is 19.9 Å². The molecule has 3 aliphatic rings. The molecule has 3 saturated heterocycles. The molecular formula is C22H24N4O. The molecule has 5 nitrogen and oxygen atoms in total. The lowest BCUT2D eigenvalue weighted by atomic mass is 9.84. The van der Waals surface area contributed by atoms with Crippen LogP contribution in [0.1, 0.15) is 24.4 Å². The minimum absolute atomic E-state index is 0.0570. The molecule has 5 heteroatoms. The standard InChI is InChI=1S/C22H24N4O/c27-15-16-3-1-4-18(11-16)19-5-2-6-20(12-19)21-13-26(24-23-21)22-14-25-9-7-17(22)8-10-25/h1-6,11-13,17,22,27H,7-10,14-15H2/t22-/m0/s1. The molecule has 1 aromatic heterocycles. The highest BCUT2D eigenvalue weighted by Crippen LogP contribution is 2.35. The number of fused-ring (bicyclic) bond motifs is 3. The Kier molecular flexibility index (Phi) is 4.26. The lowest BCUT2D eigenvalue weighted by molar-refractivity contribution is 0.0504. The van der Waals surface area contributed by atoms with Gasteiger partial charge in [-0.3, -0.25) is 0 Å². The number of aromatic nitrogens is 3. The molecule has 0 unspecified atom stereocenters. The van der Waals surface area contributed by atoms with Gasteiger partial charge in [-0.05, 0) is 60.7 Å². The molecule has 0 spiro atoms. The highest BCUT2D eigenvalue weighted by molar-refractivity contribution is 5.71. The van der Waals surface area contributed by atoms with Gasteiger partial charge in [0.05, 0.1) is 18.8 Å². The van der Waals surface area contributed by atoms with Crippen LogP contribution in [0.4, 0.5) is 0 Å². The highest BCUT2D eigenvalue weighted by Gasteiger charge is 2.35. The van der Waals surface area contributed by atoms with Gasteiger partial charge in [0.15, 0.2) is 0 Å². The first-order chi connectivity index (χ1) is 13.3. The number of hydrogen-bond donors (Lipinski definition) is 1. The SMILES string of the molecule is OCc1cccc(-c2cccc(-c3cn([C@H]4CN5CCC4CC5)nn3)c2)c1. The van der Waals surface area contributed by atoms with Gasteiger partial charge >= 0.3 is 0 Å². The fourth-order valence-electron chi connectivity index (χ4n) is 4.51. The first-order valence-corrected chi connectivity index (χ1v) is 9.75. The molecule has 0 amide bonds. The topological polar surface area (TPSA) is 54.2 Å². The molecular weight excluding hydrogens is 336 g/mol. The van der Waals surface area contributed by atoms with Crippen molar-refractivity contribution >= 4 is 0 Å². The zero-order valence-corrected chi connectivity index (χ0v) is 15.3. The molecule has 6 rings (SSSR count). The molecule has 0 saturated carbocycles. The predicted molar refractivity (Wildman–Crippen MR) is 105 cm³/mol. The summed E-state index contributed by atoms with van der Waals surface area (Å²) in [5.74, 6) is 0.733. The predicted octanol–water partition coefficient (Wildman–Crippen LogP) is 3.37. The minimum Gasteiger partial charge on any atom is -0.392 e. The summed E-state index contributed by atoms with van der Waals surface area (Å²) in [4.78, 5) is 2.54. The van der Waals surface area contributed by atoms with E-state index in [1.165, 1.54) is 25.9 Å². The van der Waals surface area contributed by atoms with Crippen molar-refractivity contribution in [3.8, 4) is 22.4 Å². The van der Waals surface area contributed by atoms with Gasteiger partial charge in [-0.2, -0.15) is 0 Å². The van der Waals surface area contributed by atoms with Crippen molar-refractivity contribution < 1.29 is 5.11 Å². The van der Waals surface area contributed by atoms with Gasteiger partial charge in [-0.1, -0.05) is 41.6 Å². The summed E-state index contributed by atoms with van der Waals surface area (Å²) < 4.78 is 2.09. The van der Waals surface area contributed by atoms with Crippen LogP contribution in [-0.2, 0) is 6.61 Å². The van der Waals surface area contributed by atoms with Crippen molar-refractivity contribution in [2.24, 2.45) is 5.92 Å². The minimum atomic E-state index is 0.0570. The van der Waals surface area contributed by atoms with Gasteiger partial charge < -0.3 is 10.0 Å². The molecule has 138 valence electrons. The van der Waals surface area contributed by atoms with Crippen LogP contribution in [0, 0.1) is 5.92 Å². The maximum Gasteiger partial charge on any atom is 0.113 e. The van der Waals surface area contributed by atoms with Crippen LogP contribution in [0.3, 0.4) is 0 Å². The van der Waals surface area contributed by atoms with E-state index >= 15 is 0 Å². The van der Waals surface area contributed by atoms with Crippen LogP contribution in [0.2, 0.25) is 0 Å². The van der Waals surface area contributed by atoms with Gasteiger partial charge in [0.1, 0.15) is 5.69 Å². The quantitative estimate of drug-likeness (QED) is 0.775. The summed E-state index contributed by atoms with van der Waals surface area (Å²) in [5, 5.41) is 18.3. The van der Waals surface area contributed by atoms with Crippen LogP contribution >= 0.6 is 0 Å². The average Bonchev–Trinajstić information content (AvgIpc) is 3.25. The third kappa shape index (κ3) is 3.17. The fraction of sp³-hybridized carbons (Fsp3) is 0.364. The van der Waals surface area contributed by atoms with Crippen molar-refractivity contribution in [1.29, 1.82) is 0 Å². The molecule has 1 N–H and O–H groups in total. The third-order valence-electron chi connectivity index (χ3n) is 6.07. The summed E-state index contributed by atoms with van der Waals surface area (Å²) >= 11 is 0. The van der Waals surface area contributed by atoms with Crippen LogP contribution < -0.4 is 0 Å². The van der Waals surface area contributed by atoms with Gasteiger partial charge in [-0.25, -0.2) is 4.68 Å². The summed E-state index contributed by atoms with van der Waals surface area (Å²) in [5.41, 5.74) is 5.15. The zero-order valence-electron chi connectivity index (χ0n) is 15.3. The third-order valence-corrected chi connectivity index (χ3v) is 6.07. The molecule has 3 fully saturated rings. The number of hydrogen-bond acceptors (Lipinski definition) is 4. The van der Waals surface area contributed by atoms with Crippen LogP contribution in [0.25, 0.3) is 22.4 Å². The number of rotatable bonds is 4. The second-order valence-electron chi connectivity index (χ2n) is 7.73. The largest absolute Gasteiger partial charge is 0.392 e. The second kappa shape index (κ2) is 6.91. The molecule has 2 bridgehead atoms. The summed E-state index contributed by atoms with van der Waals surface area (Å²) in [6, 6.07) is 16.9. The summed E-state index contributed by atoms with van der Waals surface area (Å²) in [6.45, 7) is 3.62. The van der Waals surface area contributed by atoms with Gasteiger partial charge in [0, 0.05) is 12.1 Å². The molecule has 2 aromatic carbocycles. The number of aliphatic hydroxyl groups is 1. The average molecular weight is 360 g/mol. The Hall–Kier alpha value is -2.50. The Bertz CT molecular complexity index is 943. The Morgan fingerprint density at radius 2 is 1.70 bits per heavy atom. The lowest BCUT2D eigenvalue weighted by Gasteiger charge is -2.44. The van der Waals surface area contributed by atoms with E-state index in [-0.39, 0.29) is 6.61 Å².